The molecule has 2 aromatic rings. The summed E-state index contributed by atoms with van der Waals surface area (Å²) < 4.78 is 44.1. The van der Waals surface area contributed by atoms with E-state index in [0.717, 1.165) is 17.0 Å². The van der Waals surface area contributed by atoms with Crippen molar-refractivity contribution < 1.29 is 27.5 Å². The van der Waals surface area contributed by atoms with Crippen molar-refractivity contribution in [3.8, 4) is 11.5 Å². The van der Waals surface area contributed by atoms with Gasteiger partial charge in [0.05, 0.1) is 10.0 Å². The lowest BCUT2D eigenvalue weighted by atomic mass is 10.1. The molecule has 2 aromatic carbocycles. The Labute approximate surface area is 160 Å². The number of aliphatic imine (C=N–C) groups is 1. The third-order valence-electron chi connectivity index (χ3n) is 3.81. The predicted molar refractivity (Wildman–Crippen MR) is 94.8 cm³/mol. The molecule has 0 spiro atoms. The van der Waals surface area contributed by atoms with Crippen molar-refractivity contribution >= 4 is 33.5 Å². The fraction of sp³-hybridized carbons (Fsp3) is 0.167. The van der Waals surface area contributed by atoms with Crippen LogP contribution in [0.1, 0.15) is 11.1 Å². The Bertz CT molecular complexity index is 957. The first-order valence-electron chi connectivity index (χ1n) is 7.67. The number of hydrogen-bond donors (Lipinski definition) is 0. The van der Waals surface area contributed by atoms with Gasteiger partial charge in [-0.15, -0.1) is 0 Å². The van der Waals surface area contributed by atoms with Crippen LogP contribution in [0.15, 0.2) is 51.9 Å². The lowest BCUT2D eigenvalue weighted by Gasteiger charge is -2.22. The number of nitrogens with zero attached hydrogens (tertiary/aromatic N) is 2. The highest BCUT2D eigenvalue weighted by Gasteiger charge is 2.31. The zero-order chi connectivity index (χ0) is 19.8. The number of carbonyl (C=O) groups is 2. The number of Topliss-reactive ketones (excluding diaryl/α,β-unsaturated/α-hetero) is 1. The molecule has 0 unspecified atom stereocenters. The van der Waals surface area contributed by atoms with Crippen molar-refractivity contribution in [3.05, 3.63) is 58.1 Å². The average Bonchev–Trinajstić information content (AvgIpc) is 2.61. The van der Waals surface area contributed by atoms with E-state index in [1.54, 1.807) is 24.3 Å². The number of amides is 1. The largest absolute Gasteiger partial charge is 0.456 e. The molecule has 1 aliphatic rings. The van der Waals surface area contributed by atoms with E-state index in [2.05, 4.69) is 20.9 Å². The lowest BCUT2D eigenvalue weighted by molar-refractivity contribution is -0.141. The van der Waals surface area contributed by atoms with Crippen LogP contribution in [-0.4, -0.2) is 36.0 Å². The van der Waals surface area contributed by atoms with Crippen LogP contribution in [0.25, 0.3) is 0 Å². The highest BCUT2D eigenvalue weighted by molar-refractivity contribution is 9.10. The van der Waals surface area contributed by atoms with Crippen molar-refractivity contribution in [2.75, 3.05) is 13.6 Å². The second kappa shape index (κ2) is 7.15. The summed E-state index contributed by atoms with van der Waals surface area (Å²) in [6, 6.07) is 9.61. The predicted octanol–water partition coefficient (Wildman–Crippen LogP) is 4.05. The molecule has 1 amide bonds. The number of rotatable bonds is 3. The highest BCUT2D eigenvalue weighted by atomic mass is 79.9. The summed E-state index contributed by atoms with van der Waals surface area (Å²) >= 11 is 3.08. The Morgan fingerprint density at radius 1 is 1.15 bits per heavy atom. The summed E-state index contributed by atoms with van der Waals surface area (Å²) in [6.45, 7) is -0.228. The first-order chi connectivity index (χ1) is 12.7. The fourth-order valence-electron chi connectivity index (χ4n) is 2.47. The van der Waals surface area contributed by atoms with Gasteiger partial charge in [-0.1, -0.05) is 12.1 Å². The Kier molecular flexibility index (Phi) is 5.05. The zero-order valence-corrected chi connectivity index (χ0v) is 15.5. The number of alkyl halides is 3. The maximum Gasteiger partial charge on any atom is 0.416 e. The van der Waals surface area contributed by atoms with Gasteiger partial charge in [-0.25, -0.2) is 0 Å². The van der Waals surface area contributed by atoms with Crippen LogP contribution in [0.3, 0.4) is 0 Å². The van der Waals surface area contributed by atoms with Crippen LogP contribution >= 0.6 is 15.9 Å². The molecule has 0 N–H and O–H groups in total. The Hall–Kier alpha value is -2.68. The van der Waals surface area contributed by atoms with E-state index in [-0.39, 0.29) is 16.8 Å². The number of halogens is 4. The van der Waals surface area contributed by atoms with Crippen molar-refractivity contribution in [2.45, 2.75) is 6.18 Å². The molecule has 27 heavy (non-hydrogen) atoms. The number of hydrogen-bond acceptors (Lipinski definition) is 4. The van der Waals surface area contributed by atoms with E-state index in [1.807, 2.05) is 0 Å². The second-order valence-corrected chi connectivity index (χ2v) is 6.55. The third kappa shape index (κ3) is 4.02. The Morgan fingerprint density at radius 2 is 1.89 bits per heavy atom. The molecular weight excluding hydrogens is 429 g/mol. The zero-order valence-electron chi connectivity index (χ0n) is 13.9. The third-order valence-corrected chi connectivity index (χ3v) is 4.43. The molecule has 0 aliphatic carbocycles. The maximum absolute atomic E-state index is 12.8. The molecule has 3 rings (SSSR count). The van der Waals surface area contributed by atoms with Crippen LogP contribution in [-0.2, 0) is 15.8 Å². The standard InChI is InChI=1S/C18H12BrF3N2O3/c1-24-16(23-9-14(25)17(24)26)10-3-2-4-12(7-10)27-15-6-5-11(8-13(15)19)18(20,21)22/h2-8H,9H2,1H3. The topological polar surface area (TPSA) is 59.0 Å². The summed E-state index contributed by atoms with van der Waals surface area (Å²) in [4.78, 5) is 28.5. The summed E-state index contributed by atoms with van der Waals surface area (Å²) in [5, 5.41) is 0. The van der Waals surface area contributed by atoms with Gasteiger partial charge in [0.1, 0.15) is 23.9 Å². The fourth-order valence-corrected chi connectivity index (χ4v) is 2.93. The quantitative estimate of drug-likeness (QED) is 0.676. The van der Waals surface area contributed by atoms with Gasteiger partial charge in [0.2, 0.25) is 5.78 Å². The highest BCUT2D eigenvalue weighted by Crippen LogP contribution is 2.36. The summed E-state index contributed by atoms with van der Waals surface area (Å²) in [6.07, 6.45) is -4.45. The molecule has 0 fully saturated rings. The van der Waals surface area contributed by atoms with E-state index < -0.39 is 23.4 Å². The van der Waals surface area contributed by atoms with Crippen LogP contribution in [0.4, 0.5) is 13.2 Å². The van der Waals surface area contributed by atoms with Gasteiger partial charge in [0, 0.05) is 12.6 Å². The second-order valence-electron chi connectivity index (χ2n) is 5.70. The van der Waals surface area contributed by atoms with Crippen molar-refractivity contribution in [1.29, 1.82) is 0 Å². The van der Waals surface area contributed by atoms with E-state index in [9.17, 15) is 22.8 Å². The van der Waals surface area contributed by atoms with Gasteiger partial charge < -0.3 is 4.74 Å². The molecule has 0 radical (unpaired) electrons. The van der Waals surface area contributed by atoms with E-state index in [0.29, 0.717) is 17.1 Å². The number of carbonyl (C=O) groups excluding carboxylic acids is 2. The molecule has 0 saturated heterocycles. The van der Waals surface area contributed by atoms with Crippen molar-refractivity contribution in [3.63, 3.8) is 0 Å². The van der Waals surface area contributed by atoms with Crippen LogP contribution < -0.4 is 4.74 Å². The smallest absolute Gasteiger partial charge is 0.416 e. The number of benzene rings is 2. The first-order valence-corrected chi connectivity index (χ1v) is 8.46. The SMILES string of the molecule is CN1C(=O)C(=O)CN=C1c1cccc(Oc2ccc(C(F)(F)F)cc2Br)c1. The Morgan fingerprint density at radius 3 is 2.56 bits per heavy atom. The molecule has 0 atom stereocenters. The normalized spacial score (nSPS) is 15.0. The molecule has 0 bridgehead atoms. The molecule has 140 valence electrons. The minimum absolute atomic E-state index is 0.149. The number of ether oxygens (including phenoxy) is 1. The van der Waals surface area contributed by atoms with Gasteiger partial charge in [-0.05, 0) is 46.3 Å². The van der Waals surface area contributed by atoms with Gasteiger partial charge >= 0.3 is 6.18 Å². The summed E-state index contributed by atoms with van der Waals surface area (Å²) in [7, 11) is 1.44. The van der Waals surface area contributed by atoms with E-state index in [4.69, 9.17) is 4.74 Å². The van der Waals surface area contributed by atoms with E-state index >= 15 is 0 Å². The van der Waals surface area contributed by atoms with Gasteiger partial charge in [-0.3, -0.25) is 19.5 Å². The molecule has 5 nitrogen and oxygen atoms in total. The van der Waals surface area contributed by atoms with E-state index in [1.165, 1.54) is 13.1 Å². The molecule has 1 aliphatic heterocycles. The van der Waals surface area contributed by atoms with Crippen molar-refractivity contribution in [2.24, 2.45) is 4.99 Å². The maximum atomic E-state index is 12.8. The number of likely N-dealkylation sites (N-methyl/N-ethyl adjacent to an activating group) is 1. The van der Waals surface area contributed by atoms with Gasteiger partial charge in [-0.2, -0.15) is 13.2 Å². The monoisotopic (exact) mass is 440 g/mol. The molecule has 1 heterocycles. The average molecular weight is 441 g/mol. The molecule has 0 saturated carbocycles. The molecule has 0 aromatic heterocycles. The van der Waals surface area contributed by atoms with Gasteiger partial charge in [0.15, 0.2) is 0 Å². The summed E-state index contributed by atoms with van der Waals surface area (Å²) in [5.41, 5.74) is -0.254. The molecule has 9 heteroatoms. The number of ketones is 1. The minimum atomic E-state index is -4.45. The van der Waals surface area contributed by atoms with Gasteiger partial charge in [0.25, 0.3) is 5.91 Å². The summed E-state index contributed by atoms with van der Waals surface area (Å²) in [5.74, 6) is -0.394. The lowest BCUT2D eigenvalue weighted by Crippen LogP contribution is -2.43. The van der Waals surface area contributed by atoms with Crippen LogP contribution in [0, 0.1) is 0 Å². The number of amidine groups is 1. The first kappa shape index (κ1) is 19.1. The Balaban J connectivity index is 1.87. The van der Waals surface area contributed by atoms with Crippen LogP contribution in [0.2, 0.25) is 0 Å². The molecular formula is C18H12BrF3N2O3. The van der Waals surface area contributed by atoms with Crippen LogP contribution in [0.5, 0.6) is 11.5 Å². The minimum Gasteiger partial charge on any atom is -0.456 e. The van der Waals surface area contributed by atoms with Crippen molar-refractivity contribution in [1.82, 2.24) is 4.90 Å².